The van der Waals surface area contributed by atoms with Crippen molar-refractivity contribution in [1.82, 2.24) is 0 Å². The van der Waals surface area contributed by atoms with Gasteiger partial charge in [0.1, 0.15) is 17.6 Å². The molecule has 0 bridgehead atoms. The molecule has 2 aromatic rings. The Kier molecular flexibility index (Phi) is 4.79. The molecule has 1 amide bonds. The Hall–Kier alpha value is -3.09. The van der Waals surface area contributed by atoms with Crippen molar-refractivity contribution in [2.45, 2.75) is 13.3 Å². The predicted molar refractivity (Wildman–Crippen MR) is 91.7 cm³/mol. The smallest absolute Gasteiger partial charge is 0.318 e. The summed E-state index contributed by atoms with van der Waals surface area (Å²) in [5, 5.41) is 5.10. The normalized spacial score (nSPS) is 17.1. The topological polar surface area (TPSA) is 59.0 Å². The first-order valence-corrected chi connectivity index (χ1v) is 7.91. The van der Waals surface area contributed by atoms with Gasteiger partial charge in [-0.25, -0.2) is 8.78 Å². The van der Waals surface area contributed by atoms with Gasteiger partial charge in [0.25, 0.3) is 5.91 Å². The minimum atomic E-state index is -1.14. The summed E-state index contributed by atoms with van der Waals surface area (Å²) in [5.74, 6) is -4.26. The van der Waals surface area contributed by atoms with Gasteiger partial charge in [-0.05, 0) is 24.6 Å². The van der Waals surface area contributed by atoms with E-state index in [0.29, 0.717) is 17.3 Å². The minimum absolute atomic E-state index is 0.0445. The van der Waals surface area contributed by atoms with Crippen molar-refractivity contribution in [1.29, 1.82) is 0 Å². The quantitative estimate of drug-likeness (QED) is 0.625. The number of nitrogens with zero attached hydrogens (tertiary/aromatic N) is 2. The van der Waals surface area contributed by atoms with Crippen molar-refractivity contribution in [3.8, 4) is 0 Å². The van der Waals surface area contributed by atoms with Crippen molar-refractivity contribution in [3.63, 3.8) is 0 Å². The molecule has 26 heavy (non-hydrogen) atoms. The van der Waals surface area contributed by atoms with E-state index in [1.54, 1.807) is 0 Å². The van der Waals surface area contributed by atoms with Crippen LogP contribution in [0.3, 0.4) is 0 Å². The SMILES string of the molecule is COC(=O)C1CC(c2ccc(C)cc2)=NN(c2cc(F)cc(F)c2)C1=O. The zero-order chi connectivity index (χ0) is 18.8. The summed E-state index contributed by atoms with van der Waals surface area (Å²) in [6.07, 6.45) is 0.0445. The average Bonchev–Trinajstić information content (AvgIpc) is 2.61. The third-order valence-corrected chi connectivity index (χ3v) is 4.09. The maximum Gasteiger partial charge on any atom is 0.318 e. The number of rotatable bonds is 3. The Morgan fingerprint density at radius 2 is 1.77 bits per heavy atom. The average molecular weight is 358 g/mol. The number of carbonyl (C=O) groups is 2. The molecule has 0 spiro atoms. The Labute approximate surface area is 148 Å². The van der Waals surface area contributed by atoms with E-state index in [9.17, 15) is 18.4 Å². The van der Waals surface area contributed by atoms with Crippen molar-refractivity contribution >= 4 is 23.3 Å². The van der Waals surface area contributed by atoms with Gasteiger partial charge in [-0.15, -0.1) is 0 Å². The number of esters is 1. The number of methoxy groups -OCH3 is 1. The van der Waals surface area contributed by atoms with E-state index in [1.165, 1.54) is 7.11 Å². The summed E-state index contributed by atoms with van der Waals surface area (Å²) in [6, 6.07) is 10.0. The first-order chi connectivity index (χ1) is 12.4. The molecule has 1 heterocycles. The number of anilines is 1. The van der Waals surface area contributed by atoms with Crippen molar-refractivity contribution < 1.29 is 23.1 Å². The van der Waals surface area contributed by atoms with Crippen LogP contribution in [0.2, 0.25) is 0 Å². The highest BCUT2D eigenvalue weighted by molar-refractivity contribution is 6.15. The van der Waals surface area contributed by atoms with Gasteiger partial charge >= 0.3 is 5.97 Å². The third-order valence-electron chi connectivity index (χ3n) is 4.09. The molecule has 5 nitrogen and oxygen atoms in total. The second kappa shape index (κ2) is 7.03. The van der Waals surface area contributed by atoms with Crippen LogP contribution >= 0.6 is 0 Å². The fourth-order valence-electron chi connectivity index (χ4n) is 2.73. The van der Waals surface area contributed by atoms with Gasteiger partial charge in [0, 0.05) is 12.5 Å². The van der Waals surface area contributed by atoms with Gasteiger partial charge in [-0.1, -0.05) is 29.8 Å². The first kappa shape index (κ1) is 17.7. The predicted octanol–water partition coefficient (Wildman–Crippen LogP) is 3.20. The zero-order valence-corrected chi connectivity index (χ0v) is 14.2. The number of hydrazone groups is 1. The van der Waals surface area contributed by atoms with Gasteiger partial charge in [0.05, 0.1) is 18.5 Å². The van der Waals surface area contributed by atoms with E-state index in [0.717, 1.165) is 22.7 Å². The number of halogens is 2. The van der Waals surface area contributed by atoms with Gasteiger partial charge in [-0.3, -0.25) is 9.59 Å². The Bertz CT molecular complexity index is 874. The highest BCUT2D eigenvalue weighted by atomic mass is 19.1. The lowest BCUT2D eigenvalue weighted by atomic mass is 9.94. The molecule has 0 aliphatic carbocycles. The van der Waals surface area contributed by atoms with E-state index in [-0.39, 0.29) is 12.1 Å². The summed E-state index contributed by atoms with van der Waals surface area (Å²) in [7, 11) is 1.18. The fourth-order valence-corrected chi connectivity index (χ4v) is 2.73. The van der Waals surface area contributed by atoms with Crippen molar-refractivity contribution in [2.75, 3.05) is 12.1 Å². The highest BCUT2D eigenvalue weighted by Crippen LogP contribution is 2.28. The molecule has 1 aliphatic heterocycles. The molecule has 0 radical (unpaired) electrons. The van der Waals surface area contributed by atoms with Crippen molar-refractivity contribution in [2.24, 2.45) is 11.0 Å². The van der Waals surface area contributed by atoms with Crippen LogP contribution in [0.5, 0.6) is 0 Å². The number of amides is 1. The molecule has 0 aromatic heterocycles. The molecule has 0 fully saturated rings. The molecule has 1 unspecified atom stereocenters. The first-order valence-electron chi connectivity index (χ1n) is 7.91. The molecule has 2 aromatic carbocycles. The number of aryl methyl sites for hydroxylation is 1. The molecule has 1 atom stereocenters. The molecule has 7 heteroatoms. The maximum atomic E-state index is 13.6. The standard InChI is InChI=1S/C19H16F2N2O3/c1-11-3-5-12(6-4-11)17-10-16(19(25)26-2)18(24)23(22-17)15-8-13(20)7-14(21)9-15/h3-9,16H,10H2,1-2H3. The molecular weight excluding hydrogens is 342 g/mol. The summed E-state index contributed by atoms with van der Waals surface area (Å²) >= 11 is 0. The fraction of sp³-hybridized carbons (Fsp3) is 0.211. The van der Waals surface area contributed by atoms with Crippen LogP contribution in [-0.2, 0) is 14.3 Å². The summed E-state index contributed by atoms with van der Waals surface area (Å²) < 4.78 is 31.9. The monoisotopic (exact) mass is 358 g/mol. The maximum absolute atomic E-state index is 13.6. The molecule has 1 aliphatic rings. The molecular formula is C19H16F2N2O3. The number of carbonyl (C=O) groups excluding carboxylic acids is 2. The van der Waals surface area contributed by atoms with E-state index in [4.69, 9.17) is 4.74 Å². The lowest BCUT2D eigenvalue weighted by Crippen LogP contribution is -2.43. The van der Waals surface area contributed by atoms with Gasteiger partial charge in [0.15, 0.2) is 0 Å². The molecule has 134 valence electrons. The van der Waals surface area contributed by atoms with Crippen LogP contribution in [0.1, 0.15) is 17.5 Å². The van der Waals surface area contributed by atoms with Gasteiger partial charge in [-0.2, -0.15) is 10.1 Å². The van der Waals surface area contributed by atoms with Crippen LogP contribution in [0, 0.1) is 24.5 Å². The summed E-state index contributed by atoms with van der Waals surface area (Å²) in [5.41, 5.74) is 2.10. The number of hydrogen-bond donors (Lipinski definition) is 0. The summed E-state index contributed by atoms with van der Waals surface area (Å²) in [4.78, 5) is 24.7. The van der Waals surface area contributed by atoms with Crippen molar-refractivity contribution in [3.05, 3.63) is 65.2 Å². The molecule has 0 N–H and O–H groups in total. The van der Waals surface area contributed by atoms with Crippen LogP contribution < -0.4 is 5.01 Å². The van der Waals surface area contributed by atoms with E-state index in [1.807, 2.05) is 31.2 Å². The Morgan fingerprint density at radius 3 is 2.35 bits per heavy atom. The van der Waals surface area contributed by atoms with Gasteiger partial charge in [0.2, 0.25) is 0 Å². The third kappa shape index (κ3) is 3.46. The van der Waals surface area contributed by atoms with Gasteiger partial charge < -0.3 is 4.74 Å². The minimum Gasteiger partial charge on any atom is -0.468 e. The van der Waals surface area contributed by atoms with E-state index >= 15 is 0 Å². The lowest BCUT2D eigenvalue weighted by molar-refractivity contribution is -0.149. The highest BCUT2D eigenvalue weighted by Gasteiger charge is 2.38. The summed E-state index contributed by atoms with van der Waals surface area (Å²) in [6.45, 7) is 1.93. The van der Waals surface area contributed by atoms with E-state index < -0.39 is 29.4 Å². The second-order valence-electron chi connectivity index (χ2n) is 5.97. The van der Waals surface area contributed by atoms with E-state index in [2.05, 4.69) is 5.10 Å². The Balaban J connectivity index is 2.09. The van der Waals surface area contributed by atoms with Crippen LogP contribution in [0.4, 0.5) is 14.5 Å². The van der Waals surface area contributed by atoms with Crippen LogP contribution in [0.25, 0.3) is 0 Å². The lowest BCUT2D eigenvalue weighted by Gasteiger charge is -2.28. The number of hydrogen-bond acceptors (Lipinski definition) is 4. The Morgan fingerprint density at radius 1 is 1.15 bits per heavy atom. The largest absolute Gasteiger partial charge is 0.468 e. The molecule has 0 saturated carbocycles. The molecule has 0 saturated heterocycles. The number of ether oxygens (including phenoxy) is 1. The zero-order valence-electron chi connectivity index (χ0n) is 14.2. The molecule has 3 rings (SSSR count). The number of benzene rings is 2. The van der Waals surface area contributed by atoms with Crippen LogP contribution in [0.15, 0.2) is 47.6 Å². The van der Waals surface area contributed by atoms with Crippen LogP contribution in [-0.4, -0.2) is 24.7 Å². The second-order valence-corrected chi connectivity index (χ2v) is 5.97.